The van der Waals surface area contributed by atoms with Gasteiger partial charge in [-0.2, -0.15) is 0 Å². The zero-order chi connectivity index (χ0) is 22.8. The molecule has 0 spiro atoms. The minimum Gasteiger partial charge on any atom is -0.491 e. The first kappa shape index (κ1) is 22.2. The van der Waals surface area contributed by atoms with Gasteiger partial charge in [0.05, 0.1) is 34.6 Å². The van der Waals surface area contributed by atoms with Crippen molar-refractivity contribution < 1.29 is 14.3 Å². The van der Waals surface area contributed by atoms with Crippen LogP contribution in [0.4, 0.5) is 0 Å². The Balaban J connectivity index is 1.89. The molecule has 0 amide bonds. The van der Waals surface area contributed by atoms with Crippen molar-refractivity contribution in [1.29, 1.82) is 0 Å². The summed E-state index contributed by atoms with van der Waals surface area (Å²) in [6, 6.07) is 10.8. The molecule has 1 aliphatic heterocycles. The molecule has 1 aromatic carbocycles. The van der Waals surface area contributed by atoms with E-state index in [1.165, 1.54) is 11.3 Å². The predicted octanol–water partition coefficient (Wildman–Crippen LogP) is 3.65. The Morgan fingerprint density at radius 3 is 2.62 bits per heavy atom. The topological polar surface area (TPSA) is 69.9 Å². The van der Waals surface area contributed by atoms with E-state index in [0.29, 0.717) is 20.6 Å². The van der Waals surface area contributed by atoms with Gasteiger partial charge in [-0.1, -0.05) is 29.5 Å². The first-order valence-corrected chi connectivity index (χ1v) is 12.1. The van der Waals surface area contributed by atoms with Gasteiger partial charge in [-0.25, -0.2) is 9.79 Å². The molecule has 1 atom stereocenters. The average Bonchev–Trinajstić information content (AvgIpc) is 3.36. The number of rotatable bonds is 6. The molecule has 2 aromatic heterocycles. The van der Waals surface area contributed by atoms with Gasteiger partial charge in [0.15, 0.2) is 4.80 Å². The molecule has 3 aromatic rings. The second kappa shape index (κ2) is 9.26. The van der Waals surface area contributed by atoms with Crippen LogP contribution >= 0.6 is 22.7 Å². The SMILES string of the molecule is CCOC(=O)C1=C(C)N=c2s/c(=C/c3cccs3)c(=O)n2C1c1ccc(OC(C)C)cc1. The van der Waals surface area contributed by atoms with Crippen LogP contribution in [0.25, 0.3) is 6.08 Å². The van der Waals surface area contributed by atoms with E-state index in [-0.39, 0.29) is 18.3 Å². The second-order valence-corrected chi connectivity index (χ2v) is 9.54. The summed E-state index contributed by atoms with van der Waals surface area (Å²) in [6.45, 7) is 7.71. The van der Waals surface area contributed by atoms with Crippen molar-refractivity contribution in [3.05, 3.63) is 83.2 Å². The Labute approximate surface area is 193 Å². The van der Waals surface area contributed by atoms with Gasteiger partial charge in [0.1, 0.15) is 5.75 Å². The third kappa shape index (κ3) is 4.33. The van der Waals surface area contributed by atoms with Gasteiger partial charge < -0.3 is 9.47 Å². The van der Waals surface area contributed by atoms with Crippen molar-refractivity contribution in [3.63, 3.8) is 0 Å². The zero-order valence-corrected chi connectivity index (χ0v) is 20.0. The molecule has 0 aliphatic carbocycles. The van der Waals surface area contributed by atoms with Crippen molar-refractivity contribution >= 4 is 34.7 Å². The monoisotopic (exact) mass is 468 g/mol. The summed E-state index contributed by atoms with van der Waals surface area (Å²) in [7, 11) is 0. The minimum atomic E-state index is -0.621. The lowest BCUT2D eigenvalue weighted by molar-refractivity contribution is -0.139. The molecule has 32 heavy (non-hydrogen) atoms. The number of nitrogens with zero attached hydrogens (tertiary/aromatic N) is 2. The third-order valence-electron chi connectivity index (χ3n) is 4.90. The summed E-state index contributed by atoms with van der Waals surface area (Å²) < 4.78 is 13.3. The molecule has 0 radical (unpaired) electrons. The Morgan fingerprint density at radius 2 is 2.00 bits per heavy atom. The van der Waals surface area contributed by atoms with Gasteiger partial charge in [0.2, 0.25) is 0 Å². The number of thiophene rings is 1. The number of hydrogen-bond donors (Lipinski definition) is 0. The van der Waals surface area contributed by atoms with Gasteiger partial charge in [-0.05, 0) is 62.9 Å². The Bertz CT molecular complexity index is 1330. The Morgan fingerprint density at radius 1 is 1.25 bits per heavy atom. The van der Waals surface area contributed by atoms with E-state index in [2.05, 4.69) is 4.99 Å². The van der Waals surface area contributed by atoms with Crippen molar-refractivity contribution in [1.82, 2.24) is 4.57 Å². The second-order valence-electron chi connectivity index (χ2n) is 7.55. The lowest BCUT2D eigenvalue weighted by Crippen LogP contribution is -2.39. The highest BCUT2D eigenvalue weighted by atomic mass is 32.1. The number of aromatic nitrogens is 1. The average molecular weight is 469 g/mol. The molecular formula is C24H24N2O4S2. The van der Waals surface area contributed by atoms with Crippen LogP contribution in [0.1, 0.15) is 44.2 Å². The Kier molecular flexibility index (Phi) is 6.43. The lowest BCUT2D eigenvalue weighted by atomic mass is 9.96. The maximum atomic E-state index is 13.5. The van der Waals surface area contributed by atoms with E-state index in [1.54, 1.807) is 29.8 Å². The molecule has 166 valence electrons. The van der Waals surface area contributed by atoms with Crippen LogP contribution < -0.4 is 19.6 Å². The molecule has 0 bridgehead atoms. The molecule has 0 saturated heterocycles. The molecule has 1 aliphatic rings. The number of esters is 1. The summed E-state index contributed by atoms with van der Waals surface area (Å²) in [5.74, 6) is 0.265. The number of thiazole rings is 1. The molecular weight excluding hydrogens is 444 g/mol. The number of ether oxygens (including phenoxy) is 2. The fourth-order valence-corrected chi connectivity index (χ4v) is 5.38. The van der Waals surface area contributed by atoms with E-state index >= 15 is 0 Å². The van der Waals surface area contributed by atoms with Crippen LogP contribution in [0, 0.1) is 0 Å². The number of fused-ring (bicyclic) bond motifs is 1. The van der Waals surface area contributed by atoms with Gasteiger partial charge in [-0.15, -0.1) is 11.3 Å². The highest BCUT2D eigenvalue weighted by Gasteiger charge is 2.33. The maximum Gasteiger partial charge on any atom is 0.338 e. The summed E-state index contributed by atoms with van der Waals surface area (Å²) in [4.78, 5) is 32.5. The first-order valence-electron chi connectivity index (χ1n) is 10.4. The number of hydrogen-bond acceptors (Lipinski definition) is 7. The highest BCUT2D eigenvalue weighted by molar-refractivity contribution is 7.11. The van der Waals surface area contributed by atoms with Crippen LogP contribution in [0.3, 0.4) is 0 Å². The standard InChI is InChI=1S/C24H24N2O4S2/c1-5-29-23(28)20-15(4)25-24-26(22(27)19(32-24)13-18-7-6-12-31-18)21(20)16-8-10-17(11-9-16)30-14(2)3/h6-14,21H,5H2,1-4H3/b19-13+. The molecule has 1 unspecified atom stereocenters. The van der Waals surface area contributed by atoms with E-state index in [4.69, 9.17) is 9.47 Å². The van der Waals surface area contributed by atoms with Crippen LogP contribution in [-0.2, 0) is 9.53 Å². The normalized spacial score (nSPS) is 16.2. The number of carbonyl (C=O) groups is 1. The molecule has 4 rings (SSSR count). The van der Waals surface area contributed by atoms with Crippen LogP contribution in [0.15, 0.2) is 62.8 Å². The van der Waals surface area contributed by atoms with E-state index in [0.717, 1.165) is 16.2 Å². The lowest BCUT2D eigenvalue weighted by Gasteiger charge is -2.25. The molecule has 3 heterocycles. The fourth-order valence-electron chi connectivity index (χ4n) is 3.61. The smallest absolute Gasteiger partial charge is 0.338 e. The van der Waals surface area contributed by atoms with Crippen molar-refractivity contribution in [3.8, 4) is 5.75 Å². The molecule has 8 heteroatoms. The highest BCUT2D eigenvalue weighted by Crippen LogP contribution is 2.31. The quantitative estimate of drug-likeness (QED) is 0.518. The van der Waals surface area contributed by atoms with Crippen LogP contribution in [0.5, 0.6) is 5.75 Å². The van der Waals surface area contributed by atoms with Gasteiger partial charge in [0.25, 0.3) is 5.56 Å². The van der Waals surface area contributed by atoms with Crippen molar-refractivity contribution in [2.24, 2.45) is 4.99 Å². The Hall–Kier alpha value is -2.97. The largest absolute Gasteiger partial charge is 0.491 e. The van der Waals surface area contributed by atoms with E-state index in [1.807, 2.05) is 61.7 Å². The van der Waals surface area contributed by atoms with Crippen LogP contribution in [-0.4, -0.2) is 23.2 Å². The van der Waals surface area contributed by atoms with Crippen molar-refractivity contribution in [2.75, 3.05) is 6.61 Å². The summed E-state index contributed by atoms with van der Waals surface area (Å²) >= 11 is 2.89. The van der Waals surface area contributed by atoms with Gasteiger partial charge in [-0.3, -0.25) is 9.36 Å². The fraction of sp³-hybridized carbons (Fsp3) is 0.292. The van der Waals surface area contributed by atoms with Gasteiger partial charge >= 0.3 is 5.97 Å². The molecule has 0 N–H and O–H groups in total. The van der Waals surface area contributed by atoms with Gasteiger partial charge in [0, 0.05) is 4.88 Å². The number of benzene rings is 1. The number of carbonyl (C=O) groups excluding carboxylic acids is 1. The van der Waals surface area contributed by atoms with Crippen LogP contribution in [0.2, 0.25) is 0 Å². The summed E-state index contributed by atoms with van der Waals surface area (Å²) in [5, 5.41) is 1.97. The zero-order valence-electron chi connectivity index (χ0n) is 18.3. The van der Waals surface area contributed by atoms with E-state index < -0.39 is 12.0 Å². The number of allylic oxidation sites excluding steroid dienone is 1. The minimum absolute atomic E-state index is 0.0491. The first-order chi connectivity index (χ1) is 15.4. The maximum absolute atomic E-state index is 13.5. The van der Waals surface area contributed by atoms with Crippen molar-refractivity contribution in [2.45, 2.75) is 39.8 Å². The molecule has 0 saturated carbocycles. The molecule has 0 fully saturated rings. The summed E-state index contributed by atoms with van der Waals surface area (Å²) in [6.07, 6.45) is 1.92. The summed E-state index contributed by atoms with van der Waals surface area (Å²) in [5.41, 5.74) is 1.55. The predicted molar refractivity (Wildman–Crippen MR) is 127 cm³/mol. The third-order valence-corrected chi connectivity index (χ3v) is 6.70. The molecule has 6 nitrogen and oxygen atoms in total. The van der Waals surface area contributed by atoms with E-state index in [9.17, 15) is 9.59 Å².